The molecule has 1 aromatic heterocycles. The van der Waals surface area contributed by atoms with Crippen molar-refractivity contribution in [3.8, 4) is 5.88 Å². The Morgan fingerprint density at radius 1 is 1.33 bits per heavy atom. The fourth-order valence-corrected chi connectivity index (χ4v) is 0.860. The van der Waals surface area contributed by atoms with Crippen molar-refractivity contribution < 1.29 is 4.74 Å². The minimum Gasteiger partial charge on any atom is -0.422 e. The van der Waals surface area contributed by atoms with Crippen molar-refractivity contribution in [2.75, 3.05) is 0 Å². The smallest absolute Gasteiger partial charge is 0.309 e. The number of hydrogen-bond acceptors (Lipinski definition) is 3. The lowest BCUT2D eigenvalue weighted by Gasteiger charge is -2.00. The average molecular weight is 157 g/mol. The number of rotatable bonds is 1. The van der Waals surface area contributed by atoms with E-state index in [0.29, 0.717) is 11.8 Å². The first kappa shape index (κ1) is 7.09. The molecule has 2 heterocycles. The van der Waals surface area contributed by atoms with Gasteiger partial charge in [0.05, 0.1) is 0 Å². The quantitative estimate of drug-likeness (QED) is 0.570. The second-order valence-corrected chi connectivity index (χ2v) is 2.25. The van der Waals surface area contributed by atoms with Crippen LogP contribution in [0.25, 0.3) is 0 Å². The standard InChI is InChI=1S/C8H6BN2O/c1-2-6-10-7(3-1)12-8-4-5-9-11-8/h1-6H. The maximum atomic E-state index is 5.30. The normalized spacial score (nSPS) is 13.8. The summed E-state index contributed by atoms with van der Waals surface area (Å²) in [4.78, 5) is 7.94. The Labute approximate surface area is 71.1 Å². The molecule has 0 N–H and O–H groups in total. The minimum atomic E-state index is 0.566. The molecule has 0 saturated heterocycles. The molecule has 0 saturated carbocycles. The Bertz CT molecular complexity index is 321. The summed E-state index contributed by atoms with van der Waals surface area (Å²) in [6, 6.07) is 5.49. The van der Waals surface area contributed by atoms with Gasteiger partial charge in [-0.05, 0) is 12.1 Å². The molecule has 0 spiro atoms. The maximum absolute atomic E-state index is 5.30. The lowest BCUT2D eigenvalue weighted by Crippen LogP contribution is -2.03. The highest BCUT2D eigenvalue weighted by atomic mass is 16.5. The van der Waals surface area contributed by atoms with Crippen molar-refractivity contribution in [3.05, 3.63) is 36.4 Å². The van der Waals surface area contributed by atoms with E-state index >= 15 is 0 Å². The molecule has 57 valence electrons. The van der Waals surface area contributed by atoms with E-state index < -0.39 is 0 Å². The molecule has 1 aliphatic rings. The molecule has 1 aliphatic heterocycles. The van der Waals surface area contributed by atoms with E-state index in [0.717, 1.165) is 0 Å². The second kappa shape index (κ2) is 3.22. The first-order chi connectivity index (χ1) is 5.95. The van der Waals surface area contributed by atoms with Crippen molar-refractivity contribution in [2.45, 2.75) is 0 Å². The summed E-state index contributed by atoms with van der Waals surface area (Å²) in [5, 5.41) is 0. The molecule has 0 aliphatic carbocycles. The van der Waals surface area contributed by atoms with Crippen LogP contribution in [0.15, 0.2) is 41.4 Å². The van der Waals surface area contributed by atoms with Crippen molar-refractivity contribution in [1.29, 1.82) is 0 Å². The van der Waals surface area contributed by atoms with Gasteiger partial charge in [-0.25, -0.2) is 4.98 Å². The Kier molecular flexibility index (Phi) is 1.90. The first-order valence-corrected chi connectivity index (χ1v) is 3.62. The van der Waals surface area contributed by atoms with Crippen LogP contribution in [0, 0.1) is 0 Å². The van der Waals surface area contributed by atoms with E-state index in [2.05, 4.69) is 9.89 Å². The summed E-state index contributed by atoms with van der Waals surface area (Å²) in [7, 11) is 1.68. The summed E-state index contributed by atoms with van der Waals surface area (Å²) >= 11 is 0. The van der Waals surface area contributed by atoms with Gasteiger partial charge in [0.2, 0.25) is 11.8 Å². The van der Waals surface area contributed by atoms with Crippen LogP contribution in [0.2, 0.25) is 0 Å². The summed E-state index contributed by atoms with van der Waals surface area (Å²) in [6.45, 7) is 0. The zero-order valence-electron chi connectivity index (χ0n) is 6.34. The van der Waals surface area contributed by atoms with Gasteiger partial charge in [0.15, 0.2) is 0 Å². The molecule has 1 radical (unpaired) electrons. The van der Waals surface area contributed by atoms with Gasteiger partial charge in [-0.3, -0.25) is 0 Å². The van der Waals surface area contributed by atoms with E-state index in [1.807, 2.05) is 18.1 Å². The Balaban J connectivity index is 2.09. The minimum absolute atomic E-state index is 0.566. The molecular weight excluding hydrogens is 151 g/mol. The van der Waals surface area contributed by atoms with E-state index in [-0.39, 0.29) is 0 Å². The SMILES string of the molecule is [B]1C=CC(Oc2ccccn2)=N1. The van der Waals surface area contributed by atoms with Gasteiger partial charge in [0, 0.05) is 12.3 Å². The molecule has 0 bridgehead atoms. The summed E-state index contributed by atoms with van der Waals surface area (Å²) in [5.41, 5.74) is 0. The molecule has 2 rings (SSSR count). The van der Waals surface area contributed by atoms with Gasteiger partial charge in [-0.2, -0.15) is 0 Å². The van der Waals surface area contributed by atoms with Crippen LogP contribution in [0.5, 0.6) is 5.88 Å². The van der Waals surface area contributed by atoms with Crippen LogP contribution >= 0.6 is 0 Å². The Hall–Kier alpha value is -1.58. The van der Waals surface area contributed by atoms with Crippen molar-refractivity contribution in [1.82, 2.24) is 4.98 Å². The predicted octanol–water partition coefficient (Wildman–Crippen LogP) is 1.01. The number of pyridine rings is 1. The van der Waals surface area contributed by atoms with Crippen molar-refractivity contribution >= 4 is 13.3 Å². The number of aromatic nitrogens is 1. The summed E-state index contributed by atoms with van der Waals surface area (Å²) in [6.07, 6.45) is 3.47. The molecular formula is C8H6BN2O. The number of nitrogens with zero attached hydrogens (tertiary/aromatic N) is 2. The lowest BCUT2D eigenvalue weighted by atomic mass is 10.00. The number of ether oxygens (including phenoxy) is 1. The van der Waals surface area contributed by atoms with Gasteiger partial charge in [0.25, 0.3) is 0 Å². The van der Waals surface area contributed by atoms with Crippen LogP contribution in [-0.2, 0) is 0 Å². The Morgan fingerprint density at radius 3 is 3.00 bits per heavy atom. The zero-order chi connectivity index (χ0) is 8.23. The van der Waals surface area contributed by atoms with Gasteiger partial charge in [-0.1, -0.05) is 12.0 Å². The topological polar surface area (TPSA) is 34.5 Å². The zero-order valence-corrected chi connectivity index (χ0v) is 6.34. The van der Waals surface area contributed by atoms with E-state index in [4.69, 9.17) is 4.74 Å². The summed E-state index contributed by atoms with van der Waals surface area (Å²) in [5.74, 6) is 2.96. The van der Waals surface area contributed by atoms with Crippen LogP contribution in [0.3, 0.4) is 0 Å². The molecule has 0 aromatic carbocycles. The molecule has 0 unspecified atom stereocenters. The molecule has 1 aromatic rings. The first-order valence-electron chi connectivity index (χ1n) is 3.62. The highest BCUT2D eigenvalue weighted by Gasteiger charge is 2.02. The maximum Gasteiger partial charge on any atom is 0.309 e. The van der Waals surface area contributed by atoms with Gasteiger partial charge in [0.1, 0.15) is 0 Å². The molecule has 0 fully saturated rings. The van der Waals surface area contributed by atoms with Crippen molar-refractivity contribution in [3.63, 3.8) is 0 Å². The fourth-order valence-electron chi connectivity index (χ4n) is 0.860. The third-order valence-electron chi connectivity index (χ3n) is 1.37. The molecule has 0 amide bonds. The molecule has 0 atom stereocenters. The highest BCUT2D eigenvalue weighted by molar-refractivity contribution is 6.46. The number of hydrogen-bond donors (Lipinski definition) is 0. The largest absolute Gasteiger partial charge is 0.422 e. The average Bonchev–Trinajstić information content (AvgIpc) is 2.59. The van der Waals surface area contributed by atoms with E-state index in [9.17, 15) is 0 Å². The third kappa shape index (κ3) is 1.53. The van der Waals surface area contributed by atoms with Gasteiger partial charge < -0.3 is 9.64 Å². The van der Waals surface area contributed by atoms with Crippen LogP contribution in [0.1, 0.15) is 0 Å². The van der Waals surface area contributed by atoms with Crippen LogP contribution < -0.4 is 4.74 Å². The lowest BCUT2D eigenvalue weighted by molar-refractivity contribution is 0.534. The van der Waals surface area contributed by atoms with Crippen LogP contribution in [0.4, 0.5) is 0 Å². The van der Waals surface area contributed by atoms with Gasteiger partial charge >= 0.3 is 7.41 Å². The van der Waals surface area contributed by atoms with E-state index in [1.165, 1.54) is 0 Å². The molecule has 12 heavy (non-hydrogen) atoms. The molecule has 4 heteroatoms. The summed E-state index contributed by atoms with van der Waals surface area (Å²) < 4.78 is 5.30. The van der Waals surface area contributed by atoms with Crippen molar-refractivity contribution in [2.24, 2.45) is 4.90 Å². The van der Waals surface area contributed by atoms with E-state index in [1.54, 1.807) is 25.8 Å². The monoisotopic (exact) mass is 157 g/mol. The van der Waals surface area contributed by atoms with Gasteiger partial charge in [-0.15, -0.1) is 0 Å². The highest BCUT2D eigenvalue weighted by Crippen LogP contribution is 2.05. The third-order valence-corrected chi connectivity index (χ3v) is 1.37. The predicted molar refractivity (Wildman–Crippen MR) is 47.2 cm³/mol. The Morgan fingerprint density at radius 2 is 2.33 bits per heavy atom. The molecule has 3 nitrogen and oxygen atoms in total. The van der Waals surface area contributed by atoms with Crippen LogP contribution in [-0.4, -0.2) is 18.3 Å². The fraction of sp³-hybridized carbons (Fsp3) is 0. The second-order valence-electron chi connectivity index (χ2n) is 2.25.